The highest BCUT2D eigenvalue weighted by atomic mass is 32.1. The molecule has 4 nitrogen and oxygen atoms in total. The number of aryl methyl sites for hydroxylation is 1. The Morgan fingerprint density at radius 1 is 1.17 bits per heavy atom. The van der Waals surface area contributed by atoms with Crippen molar-refractivity contribution >= 4 is 28.2 Å². The van der Waals surface area contributed by atoms with Gasteiger partial charge in [0, 0.05) is 11.8 Å². The maximum absolute atomic E-state index is 11.6. The van der Waals surface area contributed by atoms with Crippen molar-refractivity contribution in [1.29, 1.82) is 0 Å². The van der Waals surface area contributed by atoms with Crippen molar-refractivity contribution in [3.63, 3.8) is 0 Å². The number of primary amides is 1. The van der Waals surface area contributed by atoms with E-state index in [1.165, 1.54) is 36.0 Å². The van der Waals surface area contributed by atoms with Crippen LogP contribution in [0.2, 0.25) is 0 Å². The number of anilines is 1. The van der Waals surface area contributed by atoms with Crippen molar-refractivity contribution < 1.29 is 9.59 Å². The number of nitrogens with two attached hydrogens (primary N) is 1. The van der Waals surface area contributed by atoms with Gasteiger partial charge in [0.05, 0.1) is 5.56 Å². The lowest BCUT2D eigenvalue weighted by Crippen LogP contribution is -2.16. The van der Waals surface area contributed by atoms with Crippen molar-refractivity contribution in [2.24, 2.45) is 5.73 Å². The second-order valence-electron chi connectivity index (χ2n) is 4.67. The standard InChI is InChI=1S/C13H18N2O2S/c1-8(16)15-13-11(12(14)17)9-6-4-2-3-5-7-10(9)18-13/h2-7H2,1H3,(H2,14,17)(H,15,16). The highest BCUT2D eigenvalue weighted by Crippen LogP contribution is 2.36. The van der Waals surface area contributed by atoms with Crippen LogP contribution in [-0.4, -0.2) is 11.8 Å². The molecule has 1 aromatic rings. The fraction of sp³-hybridized carbons (Fsp3) is 0.538. The van der Waals surface area contributed by atoms with Gasteiger partial charge >= 0.3 is 0 Å². The molecule has 0 aliphatic heterocycles. The van der Waals surface area contributed by atoms with Crippen molar-refractivity contribution in [1.82, 2.24) is 0 Å². The lowest BCUT2D eigenvalue weighted by Gasteiger charge is -2.10. The van der Waals surface area contributed by atoms with E-state index in [1.807, 2.05) is 0 Å². The summed E-state index contributed by atoms with van der Waals surface area (Å²) >= 11 is 1.51. The second-order valence-corrected chi connectivity index (χ2v) is 5.77. The van der Waals surface area contributed by atoms with Crippen molar-refractivity contribution in [3.05, 3.63) is 16.0 Å². The van der Waals surface area contributed by atoms with Gasteiger partial charge in [-0.3, -0.25) is 9.59 Å². The normalized spacial score (nSPS) is 15.4. The summed E-state index contributed by atoms with van der Waals surface area (Å²) in [6.45, 7) is 1.45. The van der Waals surface area contributed by atoms with Crippen LogP contribution in [0, 0.1) is 0 Å². The molecule has 1 aromatic heterocycles. The van der Waals surface area contributed by atoms with Gasteiger partial charge in [0.25, 0.3) is 5.91 Å². The van der Waals surface area contributed by atoms with Gasteiger partial charge in [-0.1, -0.05) is 12.8 Å². The van der Waals surface area contributed by atoms with Crippen LogP contribution in [0.5, 0.6) is 0 Å². The van der Waals surface area contributed by atoms with Crippen molar-refractivity contribution in [2.45, 2.75) is 45.4 Å². The molecule has 2 rings (SSSR count). The van der Waals surface area contributed by atoms with E-state index in [4.69, 9.17) is 5.73 Å². The SMILES string of the molecule is CC(=O)Nc1sc2c(c1C(N)=O)CCCCCC2. The van der Waals surface area contributed by atoms with E-state index in [0.29, 0.717) is 10.6 Å². The maximum Gasteiger partial charge on any atom is 0.251 e. The molecule has 1 aliphatic carbocycles. The predicted molar refractivity (Wildman–Crippen MR) is 73.0 cm³/mol. The third-order valence-corrected chi connectivity index (χ3v) is 4.41. The first kappa shape index (κ1) is 13.1. The van der Waals surface area contributed by atoms with E-state index in [2.05, 4.69) is 5.32 Å². The summed E-state index contributed by atoms with van der Waals surface area (Å²) in [6, 6.07) is 0. The van der Waals surface area contributed by atoms with Crippen molar-refractivity contribution in [3.8, 4) is 0 Å². The fourth-order valence-electron chi connectivity index (χ4n) is 2.43. The topological polar surface area (TPSA) is 72.2 Å². The van der Waals surface area contributed by atoms with Crippen LogP contribution in [0.3, 0.4) is 0 Å². The van der Waals surface area contributed by atoms with E-state index >= 15 is 0 Å². The Morgan fingerprint density at radius 2 is 1.83 bits per heavy atom. The number of carbonyl (C=O) groups excluding carboxylic acids is 2. The van der Waals surface area contributed by atoms with Crippen LogP contribution >= 0.6 is 11.3 Å². The van der Waals surface area contributed by atoms with Crippen molar-refractivity contribution in [2.75, 3.05) is 5.32 Å². The minimum absolute atomic E-state index is 0.160. The number of carbonyl (C=O) groups is 2. The zero-order chi connectivity index (χ0) is 13.1. The summed E-state index contributed by atoms with van der Waals surface area (Å²) in [5, 5.41) is 3.36. The zero-order valence-electron chi connectivity index (χ0n) is 10.5. The van der Waals surface area contributed by atoms with Crippen LogP contribution in [0.15, 0.2) is 0 Å². The molecule has 98 valence electrons. The highest BCUT2D eigenvalue weighted by molar-refractivity contribution is 7.17. The molecule has 18 heavy (non-hydrogen) atoms. The van der Waals surface area contributed by atoms with Gasteiger partial charge in [-0.15, -0.1) is 11.3 Å². The number of amides is 2. The molecular weight excluding hydrogens is 248 g/mol. The molecule has 1 heterocycles. The first-order valence-electron chi connectivity index (χ1n) is 6.31. The second kappa shape index (κ2) is 5.52. The molecule has 2 amide bonds. The van der Waals surface area contributed by atoms with Crippen LogP contribution in [0.1, 0.15) is 53.4 Å². The Labute approximate surface area is 111 Å². The van der Waals surface area contributed by atoms with Gasteiger partial charge in [0.15, 0.2) is 0 Å². The monoisotopic (exact) mass is 266 g/mol. The van der Waals surface area contributed by atoms with Gasteiger partial charge in [0.2, 0.25) is 5.91 Å². The predicted octanol–water partition coefficient (Wildman–Crippen LogP) is 2.46. The number of hydrogen-bond donors (Lipinski definition) is 2. The molecule has 0 radical (unpaired) electrons. The minimum atomic E-state index is -0.433. The third-order valence-electron chi connectivity index (χ3n) is 3.21. The number of rotatable bonds is 2. The molecule has 0 spiro atoms. The van der Waals surface area contributed by atoms with Crippen LogP contribution in [0.4, 0.5) is 5.00 Å². The van der Waals surface area contributed by atoms with E-state index in [1.54, 1.807) is 0 Å². The first-order valence-corrected chi connectivity index (χ1v) is 7.13. The molecule has 3 N–H and O–H groups in total. The maximum atomic E-state index is 11.6. The number of hydrogen-bond acceptors (Lipinski definition) is 3. The van der Waals surface area contributed by atoms with Gasteiger partial charge in [-0.2, -0.15) is 0 Å². The Bertz CT molecular complexity index is 480. The Hall–Kier alpha value is -1.36. The van der Waals surface area contributed by atoms with Gasteiger partial charge in [-0.05, 0) is 31.2 Å². The average Bonchev–Trinajstić information content (AvgIpc) is 2.55. The molecule has 1 aliphatic rings. The molecule has 0 fully saturated rings. The summed E-state index contributed by atoms with van der Waals surface area (Å²) in [5.41, 5.74) is 7.07. The lowest BCUT2D eigenvalue weighted by molar-refractivity contribution is -0.114. The summed E-state index contributed by atoms with van der Waals surface area (Å²) in [6.07, 6.45) is 6.54. The molecule has 0 unspecified atom stereocenters. The summed E-state index contributed by atoms with van der Waals surface area (Å²) in [4.78, 5) is 24.0. The molecule has 0 saturated carbocycles. The number of thiophene rings is 1. The Kier molecular flexibility index (Phi) is 4.01. The number of fused-ring (bicyclic) bond motifs is 1. The van der Waals surface area contributed by atoms with Gasteiger partial charge in [-0.25, -0.2) is 0 Å². The first-order chi connectivity index (χ1) is 8.59. The lowest BCUT2D eigenvalue weighted by atomic mass is 9.96. The largest absolute Gasteiger partial charge is 0.365 e. The molecular formula is C13H18N2O2S. The highest BCUT2D eigenvalue weighted by Gasteiger charge is 2.22. The van der Waals surface area contributed by atoms with E-state index in [-0.39, 0.29) is 5.91 Å². The molecule has 0 aromatic carbocycles. The van der Waals surface area contributed by atoms with E-state index < -0.39 is 5.91 Å². The summed E-state index contributed by atoms with van der Waals surface area (Å²) in [7, 11) is 0. The van der Waals surface area contributed by atoms with Gasteiger partial charge in [0.1, 0.15) is 5.00 Å². The zero-order valence-corrected chi connectivity index (χ0v) is 11.4. The van der Waals surface area contributed by atoms with E-state index in [9.17, 15) is 9.59 Å². The van der Waals surface area contributed by atoms with Crippen LogP contribution in [-0.2, 0) is 17.6 Å². The number of nitrogens with one attached hydrogen (secondary N) is 1. The smallest absolute Gasteiger partial charge is 0.251 e. The van der Waals surface area contributed by atoms with E-state index in [0.717, 1.165) is 31.2 Å². The molecule has 0 bridgehead atoms. The quantitative estimate of drug-likeness (QED) is 0.863. The Balaban J connectivity index is 2.43. The molecule has 5 heteroatoms. The van der Waals surface area contributed by atoms with Crippen LogP contribution < -0.4 is 11.1 Å². The summed E-state index contributed by atoms with van der Waals surface area (Å²) in [5.74, 6) is -0.594. The fourth-order valence-corrected chi connectivity index (χ4v) is 3.77. The average molecular weight is 266 g/mol. The third kappa shape index (κ3) is 2.72. The molecule has 0 atom stereocenters. The Morgan fingerprint density at radius 3 is 2.44 bits per heavy atom. The summed E-state index contributed by atoms with van der Waals surface area (Å²) < 4.78 is 0. The van der Waals surface area contributed by atoms with Crippen LogP contribution in [0.25, 0.3) is 0 Å². The van der Waals surface area contributed by atoms with Gasteiger partial charge < -0.3 is 11.1 Å². The minimum Gasteiger partial charge on any atom is -0.365 e. The molecule has 0 saturated heterocycles.